The molecule has 8 heteroatoms. The smallest absolute Gasteiger partial charge is 0.281 e. The second-order valence-electron chi connectivity index (χ2n) is 8.43. The minimum atomic E-state index is -0.464. The summed E-state index contributed by atoms with van der Waals surface area (Å²) in [5, 5.41) is 7.59. The van der Waals surface area contributed by atoms with E-state index in [2.05, 4.69) is 26.5 Å². The van der Waals surface area contributed by atoms with E-state index in [0.29, 0.717) is 23.4 Å². The first-order chi connectivity index (χ1) is 17.1. The van der Waals surface area contributed by atoms with Crippen LogP contribution in [0.15, 0.2) is 101 Å². The average Bonchev–Trinajstić information content (AvgIpc) is 3.51. The van der Waals surface area contributed by atoms with Gasteiger partial charge in [-0.05, 0) is 31.0 Å². The molecule has 0 saturated carbocycles. The fourth-order valence-corrected chi connectivity index (χ4v) is 4.27. The first kappa shape index (κ1) is 22.5. The Morgan fingerprint density at radius 3 is 2.23 bits per heavy atom. The lowest BCUT2D eigenvalue weighted by atomic mass is 10.0. The normalized spacial score (nSPS) is 17.9. The molecule has 1 saturated heterocycles. The summed E-state index contributed by atoms with van der Waals surface area (Å²) in [4.78, 5) is 26.4. The molecule has 2 atom stereocenters. The number of rotatable bonds is 6. The van der Waals surface area contributed by atoms with Crippen LogP contribution >= 0.6 is 0 Å². The highest BCUT2D eigenvalue weighted by atomic mass is 16.2. The maximum Gasteiger partial charge on any atom is 0.281 e. The van der Waals surface area contributed by atoms with Crippen molar-refractivity contribution in [3.63, 3.8) is 0 Å². The van der Waals surface area contributed by atoms with Crippen molar-refractivity contribution in [1.82, 2.24) is 26.1 Å². The number of nitrogens with one attached hydrogen (secondary N) is 4. The number of aromatic amines is 1. The zero-order chi connectivity index (χ0) is 24.2. The number of para-hydroxylation sites is 1. The second kappa shape index (κ2) is 9.92. The van der Waals surface area contributed by atoms with Crippen molar-refractivity contribution in [2.75, 3.05) is 0 Å². The summed E-state index contributed by atoms with van der Waals surface area (Å²) in [6.45, 7) is 1.82. The lowest BCUT2D eigenvalue weighted by molar-refractivity contribution is -0.122. The van der Waals surface area contributed by atoms with E-state index in [4.69, 9.17) is 0 Å². The monoisotopic (exact) mass is 466 g/mol. The molecule has 0 aliphatic carbocycles. The lowest BCUT2D eigenvalue weighted by Gasteiger charge is -2.10. The van der Waals surface area contributed by atoms with E-state index >= 15 is 0 Å². The van der Waals surface area contributed by atoms with E-state index in [1.165, 1.54) is 4.68 Å². The summed E-state index contributed by atoms with van der Waals surface area (Å²) in [6.07, 6.45) is 0.579. The van der Waals surface area contributed by atoms with Gasteiger partial charge in [0.25, 0.3) is 11.5 Å². The van der Waals surface area contributed by atoms with Gasteiger partial charge in [0, 0.05) is 17.3 Å². The molecule has 5 rings (SSSR count). The maximum atomic E-state index is 13.4. The Bertz CT molecular complexity index is 1390. The van der Waals surface area contributed by atoms with Gasteiger partial charge in [-0.15, -0.1) is 0 Å². The average molecular weight is 467 g/mol. The maximum absolute atomic E-state index is 13.4. The molecule has 1 aliphatic rings. The van der Waals surface area contributed by atoms with Gasteiger partial charge in [-0.25, -0.2) is 21.0 Å². The molecule has 3 aromatic carbocycles. The Labute approximate surface area is 202 Å². The molecule has 0 radical (unpaired) electrons. The number of nitrogens with zero attached hydrogens (tertiary/aromatic N) is 2. The van der Waals surface area contributed by atoms with Gasteiger partial charge in [0.05, 0.1) is 11.3 Å². The van der Waals surface area contributed by atoms with Crippen molar-refractivity contribution in [2.45, 2.75) is 25.4 Å². The predicted molar refractivity (Wildman–Crippen MR) is 135 cm³/mol. The van der Waals surface area contributed by atoms with Gasteiger partial charge >= 0.3 is 0 Å². The summed E-state index contributed by atoms with van der Waals surface area (Å²) in [5.74, 6) is -0.277. The second-order valence-corrected chi connectivity index (χ2v) is 8.43. The molecule has 4 N–H and O–H groups in total. The molecule has 1 amide bonds. The summed E-state index contributed by atoms with van der Waals surface area (Å²) in [6, 6.07) is 28.2. The van der Waals surface area contributed by atoms with E-state index in [9.17, 15) is 9.59 Å². The molecule has 0 bridgehead atoms. The van der Waals surface area contributed by atoms with Gasteiger partial charge < -0.3 is 0 Å². The Morgan fingerprint density at radius 1 is 0.914 bits per heavy atom. The van der Waals surface area contributed by atoms with Crippen LogP contribution in [0, 0.1) is 6.92 Å². The topological polar surface area (TPSA) is 103 Å². The van der Waals surface area contributed by atoms with Crippen LogP contribution < -0.4 is 21.8 Å². The van der Waals surface area contributed by atoms with Gasteiger partial charge in [-0.3, -0.25) is 14.7 Å². The van der Waals surface area contributed by atoms with Crippen LogP contribution in [0.3, 0.4) is 0 Å². The van der Waals surface area contributed by atoms with E-state index in [-0.39, 0.29) is 17.5 Å². The molecule has 2 heterocycles. The van der Waals surface area contributed by atoms with Crippen LogP contribution in [0.5, 0.6) is 0 Å². The first-order valence-electron chi connectivity index (χ1n) is 11.5. The van der Waals surface area contributed by atoms with E-state index in [1.807, 2.05) is 97.9 Å². The third kappa shape index (κ3) is 4.70. The molecule has 2 unspecified atom stereocenters. The van der Waals surface area contributed by atoms with Gasteiger partial charge in [-0.1, -0.05) is 78.9 Å². The quantitative estimate of drug-likeness (QED) is 0.259. The van der Waals surface area contributed by atoms with Crippen LogP contribution in [0.25, 0.3) is 5.69 Å². The third-order valence-electron chi connectivity index (χ3n) is 6.07. The van der Waals surface area contributed by atoms with Gasteiger partial charge in [0.15, 0.2) is 0 Å². The van der Waals surface area contributed by atoms with Crippen LogP contribution in [0.4, 0.5) is 0 Å². The minimum Gasteiger partial charge on any atom is -0.295 e. The lowest BCUT2D eigenvalue weighted by Crippen LogP contribution is -2.42. The summed E-state index contributed by atoms with van der Waals surface area (Å²) in [5.41, 5.74) is 12.7. The highest BCUT2D eigenvalue weighted by Gasteiger charge is 2.30. The fourth-order valence-electron chi connectivity index (χ4n) is 4.27. The number of hydrazine groups is 1. The molecule has 35 heavy (non-hydrogen) atoms. The van der Waals surface area contributed by atoms with E-state index in [0.717, 1.165) is 16.8 Å². The predicted octanol–water partition coefficient (Wildman–Crippen LogP) is 2.95. The Balaban J connectivity index is 1.43. The largest absolute Gasteiger partial charge is 0.295 e. The number of carbonyl (C=O) groups excluding carboxylic acids is 1. The number of aromatic nitrogens is 2. The third-order valence-corrected chi connectivity index (χ3v) is 6.07. The zero-order valence-electron chi connectivity index (χ0n) is 19.2. The Hall–Kier alpha value is -4.27. The van der Waals surface area contributed by atoms with Crippen LogP contribution in [0.2, 0.25) is 0 Å². The van der Waals surface area contributed by atoms with Crippen molar-refractivity contribution in [3.05, 3.63) is 124 Å². The molecule has 176 valence electrons. The SMILES string of the molecule is Cc1[nH]n(-c2ccccc2)c(=O)c1/C(=N\NC(=O)C1CC(c2ccccc2)NN1)c1ccccc1. The number of hydrazone groups is 1. The molecule has 1 aromatic heterocycles. The van der Waals surface area contributed by atoms with E-state index < -0.39 is 6.04 Å². The molecule has 8 nitrogen and oxygen atoms in total. The summed E-state index contributed by atoms with van der Waals surface area (Å²) < 4.78 is 1.48. The fraction of sp³-hybridized carbons (Fsp3) is 0.148. The zero-order valence-corrected chi connectivity index (χ0v) is 19.2. The van der Waals surface area contributed by atoms with Crippen LogP contribution in [-0.2, 0) is 4.79 Å². The standard InChI is InChI=1S/C27H26N6O2/c1-18-24(27(35)33(32-18)21-15-9-4-10-16-21)25(20-13-7-3-8-14-20)30-31-26(34)23-17-22(28-29-23)19-11-5-2-6-12-19/h2-16,22-23,28-29,32H,17H2,1H3,(H,31,34)/b30-25-. The molecule has 0 spiro atoms. The van der Waals surface area contributed by atoms with E-state index in [1.54, 1.807) is 0 Å². The van der Waals surface area contributed by atoms with Crippen LogP contribution in [-0.4, -0.2) is 27.4 Å². The Morgan fingerprint density at radius 2 is 1.54 bits per heavy atom. The van der Waals surface area contributed by atoms with Gasteiger partial charge in [0.2, 0.25) is 0 Å². The highest BCUT2D eigenvalue weighted by molar-refractivity contribution is 6.13. The number of amides is 1. The number of hydrogen-bond acceptors (Lipinski definition) is 5. The number of H-pyrrole nitrogens is 1. The summed E-state index contributed by atoms with van der Waals surface area (Å²) >= 11 is 0. The molecule has 1 aliphatic heterocycles. The number of hydrogen-bond donors (Lipinski definition) is 4. The number of carbonyl (C=O) groups is 1. The van der Waals surface area contributed by atoms with Crippen molar-refractivity contribution in [3.8, 4) is 5.69 Å². The summed E-state index contributed by atoms with van der Waals surface area (Å²) in [7, 11) is 0. The van der Waals surface area contributed by atoms with Crippen molar-refractivity contribution in [1.29, 1.82) is 0 Å². The highest BCUT2D eigenvalue weighted by Crippen LogP contribution is 2.22. The Kier molecular flexibility index (Phi) is 6.38. The molecular weight excluding hydrogens is 440 g/mol. The molecule has 1 fully saturated rings. The molecule has 4 aromatic rings. The van der Waals surface area contributed by atoms with Gasteiger partial charge in [0.1, 0.15) is 11.8 Å². The van der Waals surface area contributed by atoms with Crippen LogP contribution in [0.1, 0.15) is 34.8 Å². The number of aryl methyl sites for hydroxylation is 1. The molecular formula is C27H26N6O2. The van der Waals surface area contributed by atoms with Crippen molar-refractivity contribution >= 4 is 11.6 Å². The minimum absolute atomic E-state index is 0.0227. The van der Waals surface area contributed by atoms with Crippen molar-refractivity contribution < 1.29 is 4.79 Å². The van der Waals surface area contributed by atoms with Gasteiger partial charge in [-0.2, -0.15) is 5.10 Å². The first-order valence-corrected chi connectivity index (χ1v) is 11.5. The number of benzene rings is 3. The van der Waals surface area contributed by atoms with Crippen molar-refractivity contribution in [2.24, 2.45) is 5.10 Å².